The number of nitrogens with one attached hydrogen (secondary N) is 7. The molecule has 5 atom stereocenters. The topological polar surface area (TPSA) is 603 Å². The summed E-state index contributed by atoms with van der Waals surface area (Å²) in [6, 6.07) is 0. The Morgan fingerprint density at radius 1 is 0.411 bits per heavy atom. The lowest BCUT2D eigenvalue weighted by Crippen LogP contribution is -2.53. The molecule has 1 heterocycles. The molecule has 0 aromatic rings. The predicted molar refractivity (Wildman–Crippen MR) is 416 cm³/mol. The van der Waals surface area contributed by atoms with Crippen LogP contribution in [0.25, 0.3) is 0 Å². The number of ether oxygens (including phenoxy) is 5. The number of rotatable bonds is 54. The SMILES string of the molecule is CC(=O)OCC1OC(OC(C)=O)C(C)C(C)C1OC(C)=O.CC(C)(C)OC(=O)NCCCN.CC(CCC(=O)NCCCN)(CCC(=O)NCCCN)CCC(=O)NCCCN.CCCCNC(=O)CCC(CCC(=O)NCCCC)(CCC(=O)NCCCC)[N+](=O)[O-].O=C(O)CCC(CCC(=O)O)(CCC(=O)O)[N+](=O)[O-]. The van der Waals surface area contributed by atoms with Crippen molar-refractivity contribution in [2.24, 2.45) is 40.2 Å². The minimum atomic E-state index is -1.82. The van der Waals surface area contributed by atoms with Crippen LogP contribution in [-0.4, -0.2) is 216 Å². The fourth-order valence-corrected chi connectivity index (χ4v) is 10.6. The molecule has 1 saturated heterocycles. The Morgan fingerprint density at radius 2 is 0.688 bits per heavy atom. The van der Waals surface area contributed by atoms with Gasteiger partial charge in [0.1, 0.15) is 24.4 Å². The number of hydrogen-bond donors (Lipinski definition) is 14. The minimum Gasteiger partial charge on any atom is -0.481 e. The van der Waals surface area contributed by atoms with Gasteiger partial charge in [-0.05, 0) is 117 Å². The van der Waals surface area contributed by atoms with E-state index in [4.69, 9.17) is 61.9 Å². The van der Waals surface area contributed by atoms with E-state index < -0.39 is 119 Å². The Labute approximate surface area is 660 Å². The van der Waals surface area contributed by atoms with Crippen LogP contribution in [0.15, 0.2) is 0 Å². The summed E-state index contributed by atoms with van der Waals surface area (Å²) in [7, 11) is 0. The van der Waals surface area contributed by atoms with Crippen molar-refractivity contribution >= 4 is 77.4 Å². The number of alkyl carbamates (subject to hydrolysis) is 1. The summed E-state index contributed by atoms with van der Waals surface area (Å²) in [6.45, 7) is 27.2. The van der Waals surface area contributed by atoms with Crippen molar-refractivity contribution in [1.82, 2.24) is 37.2 Å². The van der Waals surface area contributed by atoms with E-state index in [2.05, 4.69) is 37.2 Å². The zero-order valence-corrected chi connectivity index (χ0v) is 68.7. The van der Waals surface area contributed by atoms with E-state index in [-0.39, 0.29) is 104 Å². The highest BCUT2D eigenvalue weighted by molar-refractivity contribution is 5.79. The molecule has 38 heteroatoms. The lowest BCUT2D eigenvalue weighted by molar-refractivity contribution is -0.573. The summed E-state index contributed by atoms with van der Waals surface area (Å²) in [6.07, 6.45) is 6.25. The van der Waals surface area contributed by atoms with E-state index in [1.54, 1.807) is 0 Å². The number of carbonyl (C=O) groups is 13. The number of nitrogens with zero attached hydrogens (tertiary/aromatic N) is 2. The molecule has 0 radical (unpaired) electrons. The normalized spacial score (nSPS) is 15.0. The molecule has 0 saturated carbocycles. The van der Waals surface area contributed by atoms with Gasteiger partial charge >= 0.3 is 41.9 Å². The number of nitro groups is 2. The molecule has 38 nitrogen and oxygen atoms in total. The maximum Gasteiger partial charge on any atom is 0.407 e. The van der Waals surface area contributed by atoms with Crippen molar-refractivity contribution in [3.05, 3.63) is 20.2 Å². The smallest absolute Gasteiger partial charge is 0.407 e. The predicted octanol–water partition coefficient (Wildman–Crippen LogP) is 5.32. The molecule has 1 rings (SSSR count). The highest BCUT2D eigenvalue weighted by Gasteiger charge is 2.47. The fraction of sp³-hybridized carbons (Fsp3) is 0.824. The molecule has 18 N–H and O–H groups in total. The number of nitrogens with two attached hydrogens (primary N) is 4. The van der Waals surface area contributed by atoms with E-state index in [9.17, 15) is 82.6 Å². The molecule has 112 heavy (non-hydrogen) atoms. The molecular formula is C74H139N13O25. The van der Waals surface area contributed by atoms with Crippen molar-refractivity contribution in [3.8, 4) is 0 Å². The van der Waals surface area contributed by atoms with Crippen LogP contribution in [0.3, 0.4) is 0 Å². The third-order valence-electron chi connectivity index (χ3n) is 17.7. The van der Waals surface area contributed by atoms with Crippen LogP contribution in [0.5, 0.6) is 0 Å². The molecule has 1 fully saturated rings. The number of carboxylic acids is 3. The van der Waals surface area contributed by atoms with Gasteiger partial charge in [-0.15, -0.1) is 0 Å². The molecule has 0 aromatic heterocycles. The number of carboxylic acid groups (broad SMARTS) is 3. The lowest BCUT2D eigenvalue weighted by atomic mass is 9.77. The van der Waals surface area contributed by atoms with Gasteiger partial charge in [-0.25, -0.2) is 4.79 Å². The molecular weight excluding hydrogens is 1470 g/mol. The second-order valence-corrected chi connectivity index (χ2v) is 28.9. The van der Waals surface area contributed by atoms with Crippen LogP contribution < -0.4 is 60.2 Å². The largest absolute Gasteiger partial charge is 0.481 e. The maximum absolute atomic E-state index is 12.1. The van der Waals surface area contributed by atoms with Crippen molar-refractivity contribution in [3.63, 3.8) is 0 Å². The van der Waals surface area contributed by atoms with Crippen molar-refractivity contribution in [1.29, 1.82) is 0 Å². The van der Waals surface area contributed by atoms with E-state index in [1.165, 1.54) is 20.8 Å². The van der Waals surface area contributed by atoms with Crippen molar-refractivity contribution in [2.75, 3.05) is 78.6 Å². The minimum absolute atomic E-state index is 0.000395. The van der Waals surface area contributed by atoms with Gasteiger partial charge in [-0.2, -0.15) is 0 Å². The molecule has 1 aliphatic heterocycles. The van der Waals surface area contributed by atoms with E-state index in [0.717, 1.165) is 64.2 Å². The number of hydrogen-bond acceptors (Lipinski definition) is 26. The summed E-state index contributed by atoms with van der Waals surface area (Å²) < 4.78 is 26.0. The maximum atomic E-state index is 12.1. The van der Waals surface area contributed by atoms with Crippen LogP contribution in [-0.2, 0) is 81.2 Å². The Balaban J connectivity index is -0.000000671. The van der Waals surface area contributed by atoms with Crippen LogP contribution in [0.1, 0.15) is 263 Å². The zero-order valence-electron chi connectivity index (χ0n) is 68.7. The summed E-state index contributed by atoms with van der Waals surface area (Å²) in [5, 5.41) is 68.3. The number of carbonyl (C=O) groups excluding carboxylic acids is 10. The second kappa shape index (κ2) is 65.0. The lowest BCUT2D eigenvalue weighted by Gasteiger charge is -2.42. The van der Waals surface area contributed by atoms with Crippen LogP contribution in [0.2, 0.25) is 0 Å². The Bertz CT molecular complexity index is 2600. The summed E-state index contributed by atoms with van der Waals surface area (Å²) in [4.78, 5) is 170. The summed E-state index contributed by atoms with van der Waals surface area (Å²) in [5.41, 5.74) is 17.6. The highest BCUT2D eigenvalue weighted by Crippen LogP contribution is 2.36. The van der Waals surface area contributed by atoms with E-state index in [1.807, 2.05) is 62.3 Å². The van der Waals surface area contributed by atoms with Crippen LogP contribution in [0.4, 0.5) is 4.79 Å². The zero-order chi connectivity index (χ0) is 86.3. The molecule has 0 spiro atoms. The molecule has 0 bridgehead atoms. The van der Waals surface area contributed by atoms with Gasteiger partial charge < -0.3 is 99.2 Å². The third kappa shape index (κ3) is 60.2. The monoisotopic (exact) mass is 1610 g/mol. The van der Waals surface area contributed by atoms with Crippen molar-refractivity contribution < 1.29 is 111 Å². The number of amides is 7. The molecule has 0 aromatic carbocycles. The summed E-state index contributed by atoms with van der Waals surface area (Å²) in [5.74, 6) is -6.19. The van der Waals surface area contributed by atoms with E-state index in [0.29, 0.717) is 111 Å². The highest BCUT2D eigenvalue weighted by atomic mass is 16.7. The van der Waals surface area contributed by atoms with Gasteiger partial charge in [0.2, 0.25) is 52.8 Å². The van der Waals surface area contributed by atoms with Crippen LogP contribution in [0, 0.1) is 37.5 Å². The summed E-state index contributed by atoms with van der Waals surface area (Å²) >= 11 is 0. The van der Waals surface area contributed by atoms with Gasteiger partial charge in [0, 0.05) is 165 Å². The van der Waals surface area contributed by atoms with Gasteiger partial charge in [-0.1, -0.05) is 60.8 Å². The average Bonchev–Trinajstić information content (AvgIpc) is 0.805. The standard InChI is InChI=1S/C22H42N4O5.C20H42N6O3.C14H22O7.C10H15NO8.C8H18N2O2/c1-4-7-16-23-19(27)10-13-22(26(30)31,14-11-20(28)24-17-8-5-2)15-12-21(29)25-18-9-6-3;1-20(8-5-17(27)24-14-2-11-21,9-6-18(28)25-15-3-12-22)10-7-19(29)26-16-4-13-23;1-7-8(2)14(20-11(5)17)21-12(6-18-9(3)15)13(7)19-10(4)16;12-7(13)1-4-10(11(18)19,5-2-8(14)15)6-3-9(16)17;1-8(2,3)12-7(11)10-6-4-5-9/h4-18H2,1-3H3,(H,23,27)(H,24,28)(H,25,29);2-16,21-23H2,1H3,(H,24,27)(H,25,28)(H,26,29);7-8,12-14H,6H2,1-5H3;1-6H2,(H,12,13)(H,14,15)(H,16,17);4-6,9H2,1-3H3,(H,10,11). The Kier molecular flexibility index (Phi) is 63.7. The first-order chi connectivity index (χ1) is 52.5. The van der Waals surface area contributed by atoms with Gasteiger partial charge in [-0.3, -0.25) is 77.8 Å². The fourth-order valence-electron chi connectivity index (χ4n) is 10.6. The number of aliphatic carboxylic acids is 3. The first-order valence-electron chi connectivity index (χ1n) is 39.0. The molecule has 1 aliphatic rings. The Morgan fingerprint density at radius 3 is 0.938 bits per heavy atom. The number of unbranched alkanes of at least 4 members (excludes halogenated alkanes) is 3. The molecule has 0 aliphatic carbocycles. The Hall–Kier alpha value is -8.49. The first kappa shape index (κ1) is 110. The third-order valence-corrected chi connectivity index (χ3v) is 17.7. The second-order valence-electron chi connectivity index (χ2n) is 28.9. The van der Waals surface area contributed by atoms with Gasteiger partial charge in [0.05, 0.1) is 19.3 Å². The molecule has 7 amide bonds. The van der Waals surface area contributed by atoms with Gasteiger partial charge in [0.15, 0.2) is 0 Å². The number of esters is 3. The molecule has 650 valence electrons. The van der Waals surface area contributed by atoms with Crippen LogP contribution >= 0.6 is 0 Å². The first-order valence-corrected chi connectivity index (χ1v) is 39.0. The van der Waals surface area contributed by atoms with Gasteiger partial charge in [0.25, 0.3) is 0 Å². The van der Waals surface area contributed by atoms with E-state index >= 15 is 0 Å². The molecule has 5 unspecified atom stereocenters. The average molecular weight is 1610 g/mol. The van der Waals surface area contributed by atoms with Crippen molar-refractivity contribution in [2.45, 2.75) is 298 Å². The quantitative estimate of drug-likeness (QED) is 0.0120.